The molecule has 0 bridgehead atoms. The quantitative estimate of drug-likeness (QED) is 0.0156. The Balaban J connectivity index is 4.73. The number of carbonyl (C=O) groups is 2. The first-order chi connectivity index (χ1) is 28.8. The summed E-state index contributed by atoms with van der Waals surface area (Å²) in [5.74, 6) is -1.08. The molecule has 0 aliphatic carbocycles. The topological polar surface area (TPSA) is 152 Å². The molecule has 0 radical (unpaired) electrons. The first kappa shape index (κ1) is 56.3. The number of allylic oxidation sites excluding steroid dienone is 16. The number of ether oxygens (including phenoxy) is 2. The SMILES string of the molecule is CC/C=C\C/C=C\C/C=C\C/C=C\CCCCC(=O)OC[C@H](COP(=O)([O-])OCC[N+](C)(C)C)OC(=O)CCC/C=C\[C@@H](O)/C=C/C=C\C/C=C\C=C\[C@@H](O)C/C=C\CC. The van der Waals surface area contributed by atoms with Gasteiger partial charge in [0.15, 0.2) is 6.10 Å². The third-order valence-electron chi connectivity index (χ3n) is 8.15. The summed E-state index contributed by atoms with van der Waals surface area (Å²) in [5, 5.41) is 20.0. The lowest BCUT2D eigenvalue weighted by Crippen LogP contribution is -2.37. The van der Waals surface area contributed by atoms with Crippen LogP contribution in [-0.2, 0) is 32.7 Å². The van der Waals surface area contributed by atoms with Crippen molar-refractivity contribution >= 4 is 19.8 Å². The van der Waals surface area contributed by atoms with Crippen LogP contribution in [0.1, 0.15) is 104 Å². The van der Waals surface area contributed by atoms with Crippen molar-refractivity contribution in [3.05, 3.63) is 122 Å². The molecule has 0 saturated carbocycles. The maximum atomic E-state index is 12.7. The lowest BCUT2D eigenvalue weighted by Gasteiger charge is -2.28. The number of hydrogen-bond acceptors (Lipinski definition) is 10. The maximum absolute atomic E-state index is 12.7. The molecule has 0 aliphatic heterocycles. The zero-order valence-electron chi connectivity index (χ0n) is 37.1. The molecule has 2 N–H and O–H groups in total. The number of rotatable bonds is 36. The molecule has 0 aromatic heterocycles. The van der Waals surface area contributed by atoms with E-state index in [0.29, 0.717) is 43.1 Å². The van der Waals surface area contributed by atoms with E-state index in [1.54, 1.807) is 30.4 Å². The van der Waals surface area contributed by atoms with Crippen LogP contribution in [0.4, 0.5) is 0 Å². The molecule has 0 saturated heterocycles. The highest BCUT2D eigenvalue weighted by atomic mass is 31.2. The smallest absolute Gasteiger partial charge is 0.306 e. The summed E-state index contributed by atoms with van der Waals surface area (Å²) in [6.45, 7) is 3.60. The van der Waals surface area contributed by atoms with E-state index in [9.17, 15) is 29.3 Å². The van der Waals surface area contributed by atoms with Crippen molar-refractivity contribution in [1.82, 2.24) is 0 Å². The van der Waals surface area contributed by atoms with Crippen LogP contribution in [0.5, 0.6) is 0 Å². The second kappa shape index (κ2) is 38.3. The van der Waals surface area contributed by atoms with Gasteiger partial charge in [-0.1, -0.05) is 135 Å². The first-order valence-electron chi connectivity index (χ1n) is 21.5. The van der Waals surface area contributed by atoms with Gasteiger partial charge in [-0.25, -0.2) is 0 Å². The van der Waals surface area contributed by atoms with Crippen molar-refractivity contribution in [2.24, 2.45) is 0 Å². The number of nitrogens with zero attached hydrogens (tertiary/aromatic N) is 1. The minimum Gasteiger partial charge on any atom is -0.756 e. The van der Waals surface area contributed by atoms with Crippen LogP contribution in [0.2, 0.25) is 0 Å². The number of carbonyl (C=O) groups excluding carboxylic acids is 2. The van der Waals surface area contributed by atoms with Gasteiger partial charge in [0.05, 0.1) is 40.0 Å². The van der Waals surface area contributed by atoms with Gasteiger partial charge in [-0.2, -0.15) is 0 Å². The lowest BCUT2D eigenvalue weighted by molar-refractivity contribution is -0.870. The Morgan fingerprint density at radius 2 is 1.20 bits per heavy atom. The molecule has 0 fully saturated rings. The number of phosphoric acid groups is 1. The maximum Gasteiger partial charge on any atom is 0.306 e. The highest BCUT2D eigenvalue weighted by Crippen LogP contribution is 2.38. The van der Waals surface area contributed by atoms with Gasteiger partial charge < -0.3 is 38.1 Å². The number of aliphatic hydroxyl groups is 2. The Morgan fingerprint density at radius 1 is 0.633 bits per heavy atom. The van der Waals surface area contributed by atoms with Gasteiger partial charge in [0.1, 0.15) is 19.8 Å². The zero-order valence-corrected chi connectivity index (χ0v) is 38.0. The highest BCUT2D eigenvalue weighted by Gasteiger charge is 2.21. The third-order valence-corrected chi connectivity index (χ3v) is 9.12. The number of hydrogen-bond donors (Lipinski definition) is 2. The van der Waals surface area contributed by atoms with Gasteiger partial charge in [-0.05, 0) is 77.0 Å². The van der Waals surface area contributed by atoms with E-state index >= 15 is 0 Å². The number of aliphatic hydroxyl groups excluding tert-OH is 2. The summed E-state index contributed by atoms with van der Waals surface area (Å²) in [6.07, 6.45) is 46.0. The molecule has 0 rings (SSSR count). The van der Waals surface area contributed by atoms with E-state index in [4.69, 9.17) is 18.5 Å². The molecule has 0 aromatic carbocycles. The van der Waals surface area contributed by atoms with E-state index in [1.807, 2.05) is 63.7 Å². The molecule has 0 amide bonds. The largest absolute Gasteiger partial charge is 0.756 e. The van der Waals surface area contributed by atoms with Gasteiger partial charge in [-0.3, -0.25) is 14.2 Å². The zero-order chi connectivity index (χ0) is 44.6. The van der Waals surface area contributed by atoms with Crippen LogP contribution in [0.15, 0.2) is 122 Å². The van der Waals surface area contributed by atoms with Crippen molar-refractivity contribution in [3.63, 3.8) is 0 Å². The van der Waals surface area contributed by atoms with Gasteiger partial charge >= 0.3 is 11.9 Å². The average molecular weight is 858 g/mol. The van der Waals surface area contributed by atoms with Gasteiger partial charge in [0, 0.05) is 12.8 Å². The highest BCUT2D eigenvalue weighted by molar-refractivity contribution is 7.45. The molecule has 0 spiro atoms. The van der Waals surface area contributed by atoms with Gasteiger partial charge in [0.25, 0.3) is 7.82 Å². The fourth-order valence-corrected chi connectivity index (χ4v) is 5.52. The van der Waals surface area contributed by atoms with E-state index in [2.05, 4.69) is 62.5 Å². The molecule has 1 unspecified atom stereocenters. The summed E-state index contributed by atoms with van der Waals surface area (Å²) < 4.78 is 33.6. The predicted octanol–water partition coefficient (Wildman–Crippen LogP) is 9.43. The average Bonchev–Trinajstić information content (AvgIpc) is 3.19. The Kier molecular flexibility index (Phi) is 35.9. The second-order valence-electron chi connectivity index (χ2n) is 15.0. The van der Waals surface area contributed by atoms with Crippen LogP contribution < -0.4 is 4.89 Å². The Bertz CT molecular complexity index is 1470. The van der Waals surface area contributed by atoms with Crippen LogP contribution in [0, 0.1) is 0 Å². The van der Waals surface area contributed by atoms with E-state index in [0.717, 1.165) is 44.9 Å². The molecule has 4 atom stereocenters. The Labute approximate surface area is 362 Å². The van der Waals surface area contributed by atoms with Crippen LogP contribution in [-0.4, -0.2) is 92.5 Å². The van der Waals surface area contributed by atoms with Crippen molar-refractivity contribution in [2.45, 2.75) is 122 Å². The molecular weight excluding hydrogens is 781 g/mol. The summed E-state index contributed by atoms with van der Waals surface area (Å²) in [6, 6.07) is 0. The van der Waals surface area contributed by atoms with E-state index < -0.39 is 44.7 Å². The molecule has 60 heavy (non-hydrogen) atoms. The van der Waals surface area contributed by atoms with Crippen molar-refractivity contribution < 1.29 is 52.3 Å². The normalized spacial score (nSPS) is 15.8. The van der Waals surface area contributed by atoms with Gasteiger partial charge in [0.2, 0.25) is 0 Å². The minimum absolute atomic E-state index is 0.0212. The molecule has 0 heterocycles. The molecule has 338 valence electrons. The Hall–Kier alpha value is -3.67. The molecule has 11 nitrogen and oxygen atoms in total. The number of quaternary nitrogens is 1. The number of phosphoric ester groups is 1. The van der Waals surface area contributed by atoms with Crippen LogP contribution in [0.25, 0.3) is 0 Å². The summed E-state index contributed by atoms with van der Waals surface area (Å²) in [5.41, 5.74) is 0. The number of esters is 2. The number of likely N-dealkylation sites (N-methyl/N-ethyl adjacent to an activating group) is 1. The van der Waals surface area contributed by atoms with Crippen molar-refractivity contribution in [3.8, 4) is 0 Å². The van der Waals surface area contributed by atoms with Gasteiger partial charge in [-0.15, -0.1) is 0 Å². The number of unbranched alkanes of at least 4 members (excludes halogenated alkanes) is 3. The van der Waals surface area contributed by atoms with Crippen molar-refractivity contribution in [1.29, 1.82) is 0 Å². The molecular formula is C48H76NO10P. The summed E-state index contributed by atoms with van der Waals surface area (Å²) in [4.78, 5) is 37.5. The Morgan fingerprint density at radius 3 is 1.85 bits per heavy atom. The van der Waals surface area contributed by atoms with Crippen LogP contribution >= 0.6 is 7.82 Å². The fraction of sp³-hybridized carbons (Fsp3) is 0.542. The monoisotopic (exact) mass is 858 g/mol. The second-order valence-corrected chi connectivity index (χ2v) is 16.4. The van der Waals surface area contributed by atoms with Crippen molar-refractivity contribution in [2.75, 3.05) is 47.5 Å². The van der Waals surface area contributed by atoms with E-state index in [1.165, 1.54) is 0 Å². The lowest BCUT2D eigenvalue weighted by atomic mass is 10.2. The summed E-state index contributed by atoms with van der Waals surface area (Å²) in [7, 11) is 0.986. The molecule has 12 heteroatoms. The van der Waals surface area contributed by atoms with E-state index in [-0.39, 0.29) is 26.1 Å². The molecule has 0 aromatic rings. The summed E-state index contributed by atoms with van der Waals surface area (Å²) >= 11 is 0. The third kappa shape index (κ3) is 41.1. The minimum atomic E-state index is -4.70. The first-order valence-corrected chi connectivity index (χ1v) is 22.9. The van der Waals surface area contributed by atoms with Crippen LogP contribution in [0.3, 0.4) is 0 Å². The standard InChI is InChI=1S/C48H76NO10P/c1-6-8-10-11-12-13-14-15-16-17-18-19-23-26-32-38-47(52)56-42-46(43-58-60(54,55)57-41-40-49(3,4)5)59-48(53)39-33-27-31-37-45(51)36-30-25-22-20-21-24-29-35-44(50)34-28-9-7-2/h8-10,12-13,15-16,18-19,21-22,24-25,28-31,35-37,44-46,50-51H,6-7,11,14,17,20,23,26-27,32-34,38-43H2,1-5H3/b10-8-,13-12-,16-15-,19-18-,24-21-,25-22-,28-9-,35-29+,36-30+,37-31-/t44-,45-,46+/m0/s1. The fourth-order valence-electron chi connectivity index (χ4n) is 4.79. The predicted molar refractivity (Wildman–Crippen MR) is 243 cm³/mol. The molecule has 0 aliphatic rings.